The van der Waals surface area contributed by atoms with E-state index in [1.165, 1.54) is 0 Å². The number of benzene rings is 6. The van der Waals surface area contributed by atoms with Gasteiger partial charge < -0.3 is 101 Å². The highest BCUT2D eigenvalue weighted by atomic mass is 16.6. The molecule has 2 aliphatic rings. The van der Waals surface area contributed by atoms with Crippen LogP contribution in [0.3, 0.4) is 0 Å². The molecular weight excluding hydrogens is 880 g/mol. The first-order valence-corrected chi connectivity index (χ1v) is 19.0. The lowest BCUT2D eigenvalue weighted by Crippen LogP contribution is -2.40. The van der Waals surface area contributed by atoms with Crippen molar-refractivity contribution in [3.8, 4) is 103 Å². The molecule has 0 bridgehead atoms. The molecule has 8 rings (SSSR count). The van der Waals surface area contributed by atoms with Crippen LogP contribution in [0.1, 0.15) is 66.7 Å². The highest BCUT2D eigenvalue weighted by molar-refractivity contribution is 5.92. The molecule has 66 heavy (non-hydrogen) atoms. The minimum atomic E-state index is -2.00. The summed E-state index contributed by atoms with van der Waals surface area (Å²) >= 11 is 0. The van der Waals surface area contributed by atoms with Crippen LogP contribution in [0.25, 0.3) is 0 Å². The predicted molar refractivity (Wildman–Crippen MR) is 216 cm³/mol. The topological polar surface area (TPSA) is 395 Å². The number of rotatable bonds is 7. The van der Waals surface area contributed by atoms with Gasteiger partial charge in [0, 0.05) is 52.4 Å². The number of carbonyl (C=O) groups is 2. The lowest BCUT2D eigenvalue weighted by Gasteiger charge is -2.42. The SMILES string of the molecule is O=C(O[C@H]1[C@H](c2c(O)cc(O)c3c2O[C@H](c2cc(O)c(O)c(O)c2)[C@H](OC(=O)c2cc(O)c(O)c(O)c2)C3)c2c(O)cc(O)cc2O[C@@H]1c1cc(O)c(O)c(O)c1)c1cc(O)c(O)c(O)c1. The Kier molecular flexibility index (Phi) is 10.4. The van der Waals surface area contributed by atoms with Gasteiger partial charge in [-0.2, -0.15) is 0 Å². The van der Waals surface area contributed by atoms with Gasteiger partial charge in [-0.3, -0.25) is 0 Å². The van der Waals surface area contributed by atoms with Crippen LogP contribution in [0.4, 0.5) is 0 Å². The van der Waals surface area contributed by atoms with Gasteiger partial charge in [-0.25, -0.2) is 9.59 Å². The van der Waals surface area contributed by atoms with Crippen LogP contribution in [0.15, 0.2) is 66.7 Å². The Morgan fingerprint density at radius 1 is 0.439 bits per heavy atom. The monoisotopic (exact) mass is 914 g/mol. The average molecular weight is 915 g/mol. The summed E-state index contributed by atoms with van der Waals surface area (Å²) in [6.07, 6.45) is -7.81. The first-order valence-electron chi connectivity index (χ1n) is 19.0. The molecule has 0 saturated carbocycles. The highest BCUT2D eigenvalue weighted by Gasteiger charge is 2.50. The summed E-state index contributed by atoms with van der Waals surface area (Å²) in [6, 6.07) is 8.99. The van der Waals surface area contributed by atoms with Crippen molar-refractivity contribution in [1.82, 2.24) is 0 Å². The molecule has 0 aliphatic carbocycles. The lowest BCUT2D eigenvalue weighted by atomic mass is 9.77. The Bertz CT molecular complexity index is 2920. The number of aromatic hydroxyl groups is 16. The fraction of sp³-hybridized carbons (Fsp3) is 0.136. The zero-order valence-corrected chi connectivity index (χ0v) is 33.0. The molecule has 0 radical (unpaired) electrons. The maximum atomic E-state index is 14.1. The Hall–Kier alpha value is -9.34. The summed E-state index contributed by atoms with van der Waals surface area (Å²) in [5, 5.41) is 169. The van der Waals surface area contributed by atoms with Gasteiger partial charge in [-0.05, 0) is 48.5 Å². The van der Waals surface area contributed by atoms with Gasteiger partial charge in [0.25, 0.3) is 0 Å². The first-order chi connectivity index (χ1) is 31.1. The van der Waals surface area contributed by atoms with E-state index in [9.17, 15) is 91.3 Å². The van der Waals surface area contributed by atoms with E-state index in [4.69, 9.17) is 18.9 Å². The second kappa shape index (κ2) is 15.8. The number of fused-ring (bicyclic) bond motifs is 2. The van der Waals surface area contributed by atoms with Gasteiger partial charge in [0.1, 0.15) is 40.6 Å². The predicted octanol–water partition coefficient (Wildman–Crippen LogP) is 4.37. The summed E-state index contributed by atoms with van der Waals surface area (Å²) in [6.45, 7) is 0. The zero-order valence-electron chi connectivity index (χ0n) is 33.0. The number of phenolic OH excluding ortho intramolecular Hbond substituents is 16. The van der Waals surface area contributed by atoms with E-state index in [1.54, 1.807) is 0 Å². The molecule has 2 aliphatic heterocycles. The van der Waals surface area contributed by atoms with E-state index in [0.29, 0.717) is 12.1 Å². The first kappa shape index (κ1) is 43.3. The van der Waals surface area contributed by atoms with Gasteiger partial charge in [-0.1, -0.05) is 0 Å². The summed E-state index contributed by atoms with van der Waals surface area (Å²) in [4.78, 5) is 27.7. The van der Waals surface area contributed by atoms with Crippen molar-refractivity contribution in [2.75, 3.05) is 0 Å². The molecule has 342 valence electrons. The van der Waals surface area contributed by atoms with Crippen LogP contribution < -0.4 is 9.47 Å². The van der Waals surface area contributed by atoms with Gasteiger partial charge in [0.2, 0.25) is 0 Å². The van der Waals surface area contributed by atoms with E-state index in [-0.39, 0.29) is 22.3 Å². The molecule has 6 aromatic carbocycles. The van der Waals surface area contributed by atoms with Gasteiger partial charge in [-0.15, -0.1) is 0 Å². The molecule has 0 amide bonds. The van der Waals surface area contributed by atoms with Crippen LogP contribution in [0.5, 0.6) is 103 Å². The summed E-state index contributed by atoms with van der Waals surface area (Å²) in [5.41, 5.74) is -2.83. The van der Waals surface area contributed by atoms with E-state index < -0.39 is 169 Å². The van der Waals surface area contributed by atoms with Crippen molar-refractivity contribution in [2.24, 2.45) is 0 Å². The molecule has 0 fully saturated rings. The number of hydrogen-bond donors (Lipinski definition) is 16. The largest absolute Gasteiger partial charge is 0.508 e. The van der Waals surface area contributed by atoms with Crippen molar-refractivity contribution < 1.29 is 110 Å². The maximum absolute atomic E-state index is 14.1. The van der Waals surface area contributed by atoms with E-state index >= 15 is 0 Å². The van der Waals surface area contributed by atoms with Crippen LogP contribution in [-0.4, -0.2) is 106 Å². The molecule has 0 spiro atoms. The Morgan fingerprint density at radius 2 is 0.864 bits per heavy atom. The highest BCUT2D eigenvalue weighted by Crippen LogP contribution is 2.59. The summed E-state index contributed by atoms with van der Waals surface area (Å²) in [7, 11) is 0. The third kappa shape index (κ3) is 7.32. The molecule has 5 atom stereocenters. The molecule has 16 N–H and O–H groups in total. The Labute approximate surface area is 367 Å². The molecule has 22 heteroatoms. The number of hydrogen-bond acceptors (Lipinski definition) is 22. The van der Waals surface area contributed by atoms with Crippen molar-refractivity contribution in [2.45, 2.75) is 36.8 Å². The van der Waals surface area contributed by atoms with E-state index in [0.717, 1.165) is 54.6 Å². The normalized spacial score (nSPS) is 18.5. The minimum Gasteiger partial charge on any atom is -0.508 e. The molecule has 0 saturated heterocycles. The molecule has 6 aromatic rings. The van der Waals surface area contributed by atoms with Crippen LogP contribution >= 0.6 is 0 Å². The summed E-state index contributed by atoms with van der Waals surface area (Å²) < 4.78 is 24.3. The van der Waals surface area contributed by atoms with E-state index in [1.807, 2.05) is 0 Å². The Morgan fingerprint density at radius 3 is 1.35 bits per heavy atom. The standard InChI is InChI=1S/C44H34O22/c45-17-9-20(47)32-30(10-17)63-40(14-3-24(51)36(58)25(52)4-14)42(66-44(62)16-7-28(55)38(60)29(56)8-16)34(32)33-21(48)12-19(46)18-11-31(64-43(61)15-5-26(53)37(59)27(54)6-15)39(65-41(18)33)13-1-22(49)35(57)23(50)2-13/h1-10,12,31,34,39-40,42,45-60H,11H2/t31-,34+,39-,40-,42+/m1/s1. The third-order valence-electron chi connectivity index (χ3n) is 10.9. The number of esters is 2. The second-order valence-corrected chi connectivity index (χ2v) is 15.1. The van der Waals surface area contributed by atoms with Gasteiger partial charge in [0.05, 0.1) is 17.0 Å². The van der Waals surface area contributed by atoms with Crippen LogP contribution in [0, 0.1) is 0 Å². The summed E-state index contributed by atoms with van der Waals surface area (Å²) in [5.74, 6) is -19.9. The van der Waals surface area contributed by atoms with E-state index in [2.05, 4.69) is 0 Å². The lowest BCUT2D eigenvalue weighted by molar-refractivity contribution is -0.0303. The number of ether oxygens (including phenoxy) is 4. The van der Waals surface area contributed by atoms with Gasteiger partial charge in [0.15, 0.2) is 87.3 Å². The fourth-order valence-corrected chi connectivity index (χ4v) is 7.89. The minimum absolute atomic E-state index is 0.251. The van der Waals surface area contributed by atoms with Crippen molar-refractivity contribution in [1.29, 1.82) is 0 Å². The third-order valence-corrected chi connectivity index (χ3v) is 10.9. The molecule has 0 unspecified atom stereocenters. The zero-order chi connectivity index (χ0) is 47.8. The fourth-order valence-electron chi connectivity index (χ4n) is 7.89. The maximum Gasteiger partial charge on any atom is 0.338 e. The van der Waals surface area contributed by atoms with Crippen LogP contribution in [0.2, 0.25) is 0 Å². The molecule has 22 nitrogen and oxygen atoms in total. The van der Waals surface area contributed by atoms with Crippen molar-refractivity contribution in [3.63, 3.8) is 0 Å². The van der Waals surface area contributed by atoms with Crippen LogP contribution in [-0.2, 0) is 15.9 Å². The number of phenols is 16. The van der Waals surface area contributed by atoms with Crippen molar-refractivity contribution in [3.05, 3.63) is 106 Å². The second-order valence-electron chi connectivity index (χ2n) is 15.1. The Balaban J connectivity index is 1.36. The quantitative estimate of drug-likeness (QED) is 0.0780. The average Bonchev–Trinajstić information content (AvgIpc) is 3.25. The van der Waals surface area contributed by atoms with Crippen molar-refractivity contribution >= 4 is 11.9 Å². The van der Waals surface area contributed by atoms with Gasteiger partial charge >= 0.3 is 11.9 Å². The molecule has 0 aromatic heterocycles. The number of carbonyl (C=O) groups excluding carboxylic acids is 2. The molecular formula is C44H34O22. The molecule has 2 heterocycles. The smallest absolute Gasteiger partial charge is 0.338 e.